The van der Waals surface area contributed by atoms with E-state index >= 15 is 0 Å². The highest BCUT2D eigenvalue weighted by molar-refractivity contribution is 5.79. The van der Waals surface area contributed by atoms with Crippen LogP contribution in [0.25, 0.3) is 0 Å². The van der Waals surface area contributed by atoms with Gasteiger partial charge in [-0.05, 0) is 32.2 Å². The third-order valence-electron chi connectivity index (χ3n) is 3.13. The molecule has 15 heavy (non-hydrogen) atoms. The monoisotopic (exact) mass is 214 g/mol. The molecule has 3 N–H and O–H groups in total. The second-order valence-electron chi connectivity index (χ2n) is 4.34. The summed E-state index contributed by atoms with van der Waals surface area (Å²) in [5.74, 6) is 0.223. The Morgan fingerprint density at radius 3 is 3.00 bits per heavy atom. The molecule has 1 amide bonds. The summed E-state index contributed by atoms with van der Waals surface area (Å²) in [6.07, 6.45) is 3.70. The summed E-state index contributed by atoms with van der Waals surface area (Å²) >= 11 is 0. The Bertz CT molecular complexity index is 209. The van der Waals surface area contributed by atoms with Crippen LogP contribution in [0.5, 0.6) is 0 Å². The van der Waals surface area contributed by atoms with Gasteiger partial charge in [-0.2, -0.15) is 0 Å². The lowest BCUT2D eigenvalue weighted by Crippen LogP contribution is -2.40. The minimum absolute atomic E-state index is 0.0423. The second kappa shape index (κ2) is 6.08. The van der Waals surface area contributed by atoms with Gasteiger partial charge in [0.2, 0.25) is 5.91 Å². The van der Waals surface area contributed by atoms with Gasteiger partial charge < -0.3 is 15.7 Å². The number of carbonyl (C=O) groups is 1. The number of rotatable bonds is 5. The number of hydrogen-bond acceptors (Lipinski definition) is 3. The molecule has 0 radical (unpaired) electrons. The molecular formula is C11H22N2O2. The predicted molar refractivity (Wildman–Crippen MR) is 59.3 cm³/mol. The molecule has 1 aliphatic rings. The molecule has 1 heterocycles. The summed E-state index contributed by atoms with van der Waals surface area (Å²) in [4.78, 5) is 13.8. The lowest BCUT2D eigenvalue weighted by molar-refractivity contribution is -0.136. The van der Waals surface area contributed by atoms with E-state index in [1.165, 1.54) is 0 Å². The average molecular weight is 214 g/mol. The van der Waals surface area contributed by atoms with Crippen molar-refractivity contribution < 1.29 is 9.90 Å². The van der Waals surface area contributed by atoms with E-state index in [1.54, 1.807) is 0 Å². The van der Waals surface area contributed by atoms with E-state index in [4.69, 9.17) is 10.8 Å². The molecule has 0 aromatic heterocycles. The molecule has 4 heteroatoms. The lowest BCUT2D eigenvalue weighted by atomic mass is 10.0. The van der Waals surface area contributed by atoms with Crippen molar-refractivity contribution >= 4 is 5.91 Å². The van der Waals surface area contributed by atoms with Gasteiger partial charge in [0.15, 0.2) is 0 Å². The van der Waals surface area contributed by atoms with E-state index in [1.807, 2.05) is 11.8 Å². The normalized spacial score (nSPS) is 23.1. The molecule has 1 rings (SSSR count). The van der Waals surface area contributed by atoms with E-state index in [-0.39, 0.29) is 24.5 Å². The Balaban J connectivity index is 2.44. The molecule has 1 aliphatic heterocycles. The van der Waals surface area contributed by atoms with Gasteiger partial charge in [-0.15, -0.1) is 0 Å². The number of aliphatic hydroxyl groups excluding tert-OH is 1. The fraction of sp³-hybridized carbons (Fsp3) is 0.909. The minimum atomic E-state index is 0.0423. The number of hydrogen-bond donors (Lipinski definition) is 2. The van der Waals surface area contributed by atoms with E-state index in [0.29, 0.717) is 6.54 Å². The van der Waals surface area contributed by atoms with Crippen molar-refractivity contribution in [2.45, 2.75) is 38.6 Å². The highest BCUT2D eigenvalue weighted by Crippen LogP contribution is 2.20. The summed E-state index contributed by atoms with van der Waals surface area (Å²) in [5, 5.41) is 9.13. The van der Waals surface area contributed by atoms with Crippen LogP contribution in [0.1, 0.15) is 32.6 Å². The molecule has 1 fully saturated rings. The molecule has 0 aromatic rings. The van der Waals surface area contributed by atoms with Crippen molar-refractivity contribution in [3.05, 3.63) is 0 Å². The smallest absolute Gasteiger partial charge is 0.225 e. The summed E-state index contributed by atoms with van der Waals surface area (Å²) in [6.45, 7) is 3.48. The SMILES string of the molecule is CC(CCCN)C(=O)N1CCCC1CO. The van der Waals surface area contributed by atoms with Crippen molar-refractivity contribution in [2.75, 3.05) is 19.7 Å². The van der Waals surface area contributed by atoms with Gasteiger partial charge in [0.05, 0.1) is 12.6 Å². The van der Waals surface area contributed by atoms with Crippen molar-refractivity contribution in [1.82, 2.24) is 4.90 Å². The third kappa shape index (κ3) is 3.18. The minimum Gasteiger partial charge on any atom is -0.394 e. The summed E-state index contributed by atoms with van der Waals surface area (Å²) < 4.78 is 0. The van der Waals surface area contributed by atoms with Crippen LogP contribution >= 0.6 is 0 Å². The first-order valence-electron chi connectivity index (χ1n) is 5.82. The molecule has 88 valence electrons. The van der Waals surface area contributed by atoms with Crippen LogP contribution in [0.15, 0.2) is 0 Å². The average Bonchev–Trinajstić information content (AvgIpc) is 2.72. The van der Waals surface area contributed by atoms with Gasteiger partial charge in [-0.3, -0.25) is 4.79 Å². The molecule has 0 saturated carbocycles. The summed E-state index contributed by atoms with van der Waals surface area (Å²) in [7, 11) is 0. The lowest BCUT2D eigenvalue weighted by Gasteiger charge is -2.26. The van der Waals surface area contributed by atoms with E-state index in [0.717, 1.165) is 32.2 Å². The standard InChI is InChI=1S/C11H22N2O2/c1-9(4-2-6-12)11(15)13-7-3-5-10(13)8-14/h9-10,14H,2-8,12H2,1H3. The van der Waals surface area contributed by atoms with Crippen LogP contribution in [0.4, 0.5) is 0 Å². The van der Waals surface area contributed by atoms with Crippen molar-refractivity contribution in [2.24, 2.45) is 11.7 Å². The van der Waals surface area contributed by atoms with E-state index in [9.17, 15) is 4.79 Å². The predicted octanol–water partition coefficient (Wildman–Crippen LogP) is 0.345. The maximum Gasteiger partial charge on any atom is 0.225 e. The van der Waals surface area contributed by atoms with E-state index in [2.05, 4.69) is 0 Å². The van der Waals surface area contributed by atoms with E-state index < -0.39 is 0 Å². The van der Waals surface area contributed by atoms with Gasteiger partial charge in [-0.1, -0.05) is 6.92 Å². The maximum atomic E-state index is 12.0. The van der Waals surface area contributed by atoms with Crippen molar-refractivity contribution in [3.8, 4) is 0 Å². The van der Waals surface area contributed by atoms with Crippen LogP contribution in [-0.4, -0.2) is 41.7 Å². The molecule has 2 atom stereocenters. The maximum absolute atomic E-state index is 12.0. The molecular weight excluding hydrogens is 192 g/mol. The van der Waals surface area contributed by atoms with Crippen molar-refractivity contribution in [1.29, 1.82) is 0 Å². The van der Waals surface area contributed by atoms with Gasteiger partial charge in [0.25, 0.3) is 0 Å². The Morgan fingerprint density at radius 2 is 2.40 bits per heavy atom. The number of amides is 1. The zero-order valence-corrected chi connectivity index (χ0v) is 9.48. The first-order chi connectivity index (χ1) is 7.20. The molecule has 2 unspecified atom stereocenters. The Hall–Kier alpha value is -0.610. The number of nitrogens with zero attached hydrogens (tertiary/aromatic N) is 1. The first-order valence-corrected chi connectivity index (χ1v) is 5.82. The topological polar surface area (TPSA) is 66.6 Å². The summed E-state index contributed by atoms with van der Waals surface area (Å²) in [5.41, 5.74) is 5.42. The number of nitrogens with two attached hydrogens (primary N) is 1. The molecule has 0 bridgehead atoms. The first kappa shape index (κ1) is 12.5. The Kier molecular flexibility index (Phi) is 5.05. The molecule has 0 aliphatic carbocycles. The number of aliphatic hydroxyl groups is 1. The van der Waals surface area contributed by atoms with Crippen LogP contribution in [0.3, 0.4) is 0 Å². The number of carbonyl (C=O) groups excluding carboxylic acids is 1. The zero-order chi connectivity index (χ0) is 11.3. The fourth-order valence-corrected chi connectivity index (χ4v) is 2.15. The number of likely N-dealkylation sites (tertiary alicyclic amines) is 1. The van der Waals surface area contributed by atoms with Crippen LogP contribution in [0, 0.1) is 5.92 Å². The zero-order valence-electron chi connectivity index (χ0n) is 9.48. The Labute approximate surface area is 91.4 Å². The van der Waals surface area contributed by atoms with Crippen molar-refractivity contribution in [3.63, 3.8) is 0 Å². The fourth-order valence-electron chi connectivity index (χ4n) is 2.15. The summed E-state index contributed by atoms with van der Waals surface area (Å²) in [6, 6.07) is 0.0535. The van der Waals surface area contributed by atoms with Gasteiger partial charge in [0, 0.05) is 12.5 Å². The molecule has 0 aromatic carbocycles. The van der Waals surface area contributed by atoms with Gasteiger partial charge in [0.1, 0.15) is 0 Å². The van der Waals surface area contributed by atoms with Crippen LogP contribution < -0.4 is 5.73 Å². The largest absolute Gasteiger partial charge is 0.394 e. The highest BCUT2D eigenvalue weighted by Gasteiger charge is 2.30. The molecule has 4 nitrogen and oxygen atoms in total. The molecule has 1 saturated heterocycles. The highest BCUT2D eigenvalue weighted by atomic mass is 16.3. The van der Waals surface area contributed by atoms with Gasteiger partial charge >= 0.3 is 0 Å². The molecule has 0 spiro atoms. The second-order valence-corrected chi connectivity index (χ2v) is 4.34. The quantitative estimate of drug-likeness (QED) is 0.693. The Morgan fingerprint density at radius 1 is 1.67 bits per heavy atom. The van der Waals surface area contributed by atoms with Gasteiger partial charge in [-0.25, -0.2) is 0 Å². The van der Waals surface area contributed by atoms with Crippen LogP contribution in [0.2, 0.25) is 0 Å². The third-order valence-corrected chi connectivity index (χ3v) is 3.13. The van der Waals surface area contributed by atoms with Crippen LogP contribution in [-0.2, 0) is 4.79 Å².